The topological polar surface area (TPSA) is 38.7 Å². The van der Waals surface area contributed by atoms with E-state index in [1.54, 1.807) is 0 Å². The van der Waals surface area contributed by atoms with Crippen LogP contribution in [0.2, 0.25) is 0 Å². The Morgan fingerprint density at radius 2 is 1.62 bits per heavy atom. The molecule has 0 aromatic rings. The molecule has 1 atom stereocenters. The van der Waals surface area contributed by atoms with Crippen molar-refractivity contribution >= 4 is 0 Å². The van der Waals surface area contributed by atoms with E-state index < -0.39 is 0 Å². The second kappa shape index (κ2) is 12.9. The van der Waals surface area contributed by atoms with Crippen LogP contribution in [0.15, 0.2) is 0 Å². The number of aliphatic hydroxyl groups excluding tert-OH is 1. The minimum absolute atomic E-state index is 0.0922. The number of hydrogen-bond donors (Lipinski definition) is 1. The van der Waals surface area contributed by atoms with Crippen molar-refractivity contribution in [1.29, 1.82) is 0 Å². The number of hydrogen-bond acceptors (Lipinski definition) is 3. The van der Waals surface area contributed by atoms with Gasteiger partial charge in [0.15, 0.2) is 0 Å². The molecule has 3 nitrogen and oxygen atoms in total. The highest BCUT2D eigenvalue weighted by Gasteiger charge is 2.05. The summed E-state index contributed by atoms with van der Waals surface area (Å²) in [4.78, 5) is 0. The van der Waals surface area contributed by atoms with Gasteiger partial charge in [-0.05, 0) is 12.3 Å². The monoisotopic (exact) mass is 232 g/mol. The minimum Gasteiger partial charge on any atom is -0.394 e. The molecule has 1 unspecified atom stereocenters. The van der Waals surface area contributed by atoms with E-state index in [1.165, 1.54) is 25.7 Å². The van der Waals surface area contributed by atoms with Gasteiger partial charge in [0, 0.05) is 6.61 Å². The van der Waals surface area contributed by atoms with Gasteiger partial charge in [0.1, 0.15) is 0 Å². The third-order valence-electron chi connectivity index (χ3n) is 2.82. The Labute approximate surface area is 100 Å². The Balaban J connectivity index is 3.20. The Morgan fingerprint density at radius 1 is 0.938 bits per heavy atom. The van der Waals surface area contributed by atoms with Crippen LogP contribution in [0, 0.1) is 5.92 Å². The largest absolute Gasteiger partial charge is 0.394 e. The molecule has 0 fully saturated rings. The lowest BCUT2D eigenvalue weighted by atomic mass is 9.96. The Bertz CT molecular complexity index is 128. The Kier molecular flexibility index (Phi) is 12.9. The van der Waals surface area contributed by atoms with Crippen molar-refractivity contribution in [3.8, 4) is 0 Å². The average Bonchev–Trinajstić information content (AvgIpc) is 2.32. The molecule has 16 heavy (non-hydrogen) atoms. The van der Waals surface area contributed by atoms with Crippen LogP contribution in [-0.2, 0) is 9.47 Å². The lowest BCUT2D eigenvalue weighted by Crippen LogP contribution is -2.10. The first-order valence-electron chi connectivity index (χ1n) is 6.61. The first-order valence-corrected chi connectivity index (χ1v) is 6.61. The van der Waals surface area contributed by atoms with Crippen LogP contribution >= 0.6 is 0 Å². The van der Waals surface area contributed by atoms with Crippen LogP contribution in [0.5, 0.6) is 0 Å². The molecule has 0 saturated heterocycles. The van der Waals surface area contributed by atoms with E-state index >= 15 is 0 Å². The van der Waals surface area contributed by atoms with Crippen molar-refractivity contribution in [2.24, 2.45) is 5.92 Å². The first kappa shape index (κ1) is 15.9. The summed E-state index contributed by atoms with van der Waals surface area (Å²) in [7, 11) is 0. The number of ether oxygens (including phenoxy) is 2. The molecular formula is C13H28O3. The Hall–Kier alpha value is -0.120. The average molecular weight is 232 g/mol. The summed E-state index contributed by atoms with van der Waals surface area (Å²) in [6.45, 7) is 7.07. The van der Waals surface area contributed by atoms with Crippen LogP contribution in [0.4, 0.5) is 0 Å². The highest BCUT2D eigenvalue weighted by molar-refractivity contribution is 4.56. The van der Waals surface area contributed by atoms with Gasteiger partial charge < -0.3 is 14.6 Å². The van der Waals surface area contributed by atoms with Gasteiger partial charge in [-0.1, -0.05) is 39.5 Å². The molecule has 0 aromatic carbocycles. The van der Waals surface area contributed by atoms with Gasteiger partial charge in [0.25, 0.3) is 0 Å². The molecule has 1 N–H and O–H groups in total. The third-order valence-corrected chi connectivity index (χ3v) is 2.82. The molecule has 0 spiro atoms. The fraction of sp³-hybridized carbons (Fsp3) is 1.00. The predicted octanol–water partition coefficient (Wildman–Crippen LogP) is 2.62. The molecule has 0 heterocycles. The summed E-state index contributed by atoms with van der Waals surface area (Å²) in [5.41, 5.74) is 0. The molecule has 0 saturated carbocycles. The molecule has 0 aliphatic rings. The zero-order valence-corrected chi connectivity index (χ0v) is 10.9. The van der Waals surface area contributed by atoms with Gasteiger partial charge in [-0.15, -0.1) is 0 Å². The van der Waals surface area contributed by atoms with E-state index in [4.69, 9.17) is 14.6 Å². The van der Waals surface area contributed by atoms with Crippen LogP contribution in [0.3, 0.4) is 0 Å². The molecule has 98 valence electrons. The van der Waals surface area contributed by atoms with E-state index in [0.717, 1.165) is 18.9 Å². The lowest BCUT2D eigenvalue weighted by molar-refractivity contribution is 0.0290. The molecule has 0 aromatic heterocycles. The fourth-order valence-electron chi connectivity index (χ4n) is 1.68. The van der Waals surface area contributed by atoms with Gasteiger partial charge in [0.05, 0.1) is 26.4 Å². The van der Waals surface area contributed by atoms with E-state index in [-0.39, 0.29) is 6.61 Å². The standard InChI is InChI=1S/C13H28O3/c1-3-5-6-13(4-2)7-9-15-11-12-16-10-8-14/h13-14H,3-12H2,1-2H3. The van der Waals surface area contributed by atoms with E-state index in [2.05, 4.69) is 13.8 Å². The van der Waals surface area contributed by atoms with Crippen LogP contribution in [0.25, 0.3) is 0 Å². The van der Waals surface area contributed by atoms with Crippen LogP contribution in [-0.4, -0.2) is 38.1 Å². The summed E-state index contributed by atoms with van der Waals surface area (Å²) in [6.07, 6.45) is 6.36. The van der Waals surface area contributed by atoms with Crippen molar-refractivity contribution in [1.82, 2.24) is 0 Å². The molecule has 0 aliphatic heterocycles. The predicted molar refractivity (Wildman–Crippen MR) is 66.6 cm³/mol. The number of unbranched alkanes of at least 4 members (excludes halogenated alkanes) is 1. The zero-order chi connectivity index (χ0) is 12.1. The van der Waals surface area contributed by atoms with E-state index in [0.29, 0.717) is 19.8 Å². The molecule has 0 bridgehead atoms. The quantitative estimate of drug-likeness (QED) is 0.526. The van der Waals surface area contributed by atoms with Crippen LogP contribution < -0.4 is 0 Å². The second-order valence-electron chi connectivity index (χ2n) is 4.15. The SMILES string of the molecule is CCCCC(CC)CCOCCOCCO. The summed E-state index contributed by atoms with van der Waals surface area (Å²) >= 11 is 0. The smallest absolute Gasteiger partial charge is 0.0701 e. The number of aliphatic hydroxyl groups is 1. The number of rotatable bonds is 12. The van der Waals surface area contributed by atoms with Crippen molar-refractivity contribution in [3.63, 3.8) is 0 Å². The third kappa shape index (κ3) is 10.4. The molecule has 0 rings (SSSR count). The summed E-state index contributed by atoms with van der Waals surface area (Å²) in [5, 5.41) is 8.49. The van der Waals surface area contributed by atoms with E-state index in [1.807, 2.05) is 0 Å². The highest BCUT2D eigenvalue weighted by atomic mass is 16.5. The summed E-state index contributed by atoms with van der Waals surface area (Å²) in [5.74, 6) is 0.818. The zero-order valence-electron chi connectivity index (χ0n) is 10.9. The van der Waals surface area contributed by atoms with Gasteiger partial charge in [0.2, 0.25) is 0 Å². The van der Waals surface area contributed by atoms with Crippen LogP contribution in [0.1, 0.15) is 46.0 Å². The van der Waals surface area contributed by atoms with Crippen molar-refractivity contribution in [3.05, 3.63) is 0 Å². The van der Waals surface area contributed by atoms with Crippen molar-refractivity contribution < 1.29 is 14.6 Å². The summed E-state index contributed by atoms with van der Waals surface area (Å²) < 4.78 is 10.6. The maximum atomic E-state index is 8.49. The fourth-order valence-corrected chi connectivity index (χ4v) is 1.68. The second-order valence-corrected chi connectivity index (χ2v) is 4.15. The minimum atomic E-state index is 0.0922. The highest BCUT2D eigenvalue weighted by Crippen LogP contribution is 2.16. The molecule has 3 heteroatoms. The lowest BCUT2D eigenvalue weighted by Gasteiger charge is -2.14. The van der Waals surface area contributed by atoms with Gasteiger partial charge in [-0.2, -0.15) is 0 Å². The van der Waals surface area contributed by atoms with Gasteiger partial charge in [-0.3, -0.25) is 0 Å². The summed E-state index contributed by atoms with van der Waals surface area (Å²) in [6, 6.07) is 0. The maximum Gasteiger partial charge on any atom is 0.0701 e. The molecular weight excluding hydrogens is 204 g/mol. The van der Waals surface area contributed by atoms with E-state index in [9.17, 15) is 0 Å². The van der Waals surface area contributed by atoms with Crippen molar-refractivity contribution in [2.75, 3.05) is 33.0 Å². The van der Waals surface area contributed by atoms with Crippen molar-refractivity contribution in [2.45, 2.75) is 46.0 Å². The molecule has 0 radical (unpaired) electrons. The first-order chi connectivity index (χ1) is 7.85. The van der Waals surface area contributed by atoms with Gasteiger partial charge in [-0.25, -0.2) is 0 Å². The Morgan fingerprint density at radius 3 is 2.19 bits per heavy atom. The molecule has 0 aliphatic carbocycles. The maximum absolute atomic E-state index is 8.49. The molecule has 0 amide bonds. The normalized spacial score (nSPS) is 12.9. The van der Waals surface area contributed by atoms with Gasteiger partial charge >= 0.3 is 0 Å².